The molecule has 5 heterocycles. The van der Waals surface area contributed by atoms with Crippen LogP contribution in [-0.4, -0.2) is 122 Å². The third kappa shape index (κ3) is 7.67. The number of anilines is 2. The fourth-order valence-electron chi connectivity index (χ4n) is 7.47. The van der Waals surface area contributed by atoms with E-state index >= 15 is 4.39 Å². The molecule has 3 aliphatic rings. The summed E-state index contributed by atoms with van der Waals surface area (Å²) in [7, 11) is 0. The molecule has 4 aromatic rings. The maximum Gasteiger partial charge on any atom is 0.317 e. The van der Waals surface area contributed by atoms with Crippen molar-refractivity contribution < 1.29 is 32.2 Å². The lowest BCUT2D eigenvalue weighted by Gasteiger charge is -2.39. The normalized spacial score (nSPS) is 20.2. The second-order valence-electron chi connectivity index (χ2n) is 13.5. The lowest BCUT2D eigenvalue weighted by atomic mass is 9.96. The van der Waals surface area contributed by atoms with Gasteiger partial charge < -0.3 is 19.5 Å². The number of aromatic amines is 1. The summed E-state index contributed by atoms with van der Waals surface area (Å²) in [6, 6.07) is 14.0. The van der Waals surface area contributed by atoms with E-state index in [4.69, 9.17) is 5.11 Å². The van der Waals surface area contributed by atoms with Gasteiger partial charge in [-0.2, -0.15) is 0 Å². The van der Waals surface area contributed by atoms with Gasteiger partial charge in [0, 0.05) is 73.9 Å². The molecule has 0 radical (unpaired) electrons. The molecule has 7 rings (SSSR count). The lowest BCUT2D eigenvalue weighted by molar-refractivity contribution is -0.138. The van der Waals surface area contributed by atoms with Crippen LogP contribution in [0.5, 0.6) is 0 Å². The molecule has 2 N–H and O–H groups in total. The van der Waals surface area contributed by atoms with Crippen molar-refractivity contribution in [3.05, 3.63) is 77.9 Å². The van der Waals surface area contributed by atoms with E-state index in [2.05, 4.69) is 31.9 Å². The number of aliphatic carboxylic acids is 1. The fraction of sp³-hybridized carbons (Fsp3) is 0.417. The maximum absolute atomic E-state index is 15.9. The summed E-state index contributed by atoms with van der Waals surface area (Å²) in [5.74, 6) is -1.82. The largest absolute Gasteiger partial charge is 0.754 e. The summed E-state index contributed by atoms with van der Waals surface area (Å²) in [5.41, 5.74) is 2.78. The molecule has 3 aliphatic heterocycles. The monoisotopic (exact) mass is 720 g/mol. The van der Waals surface area contributed by atoms with Crippen molar-refractivity contribution >= 4 is 45.4 Å². The van der Waals surface area contributed by atoms with Crippen molar-refractivity contribution in [3.8, 4) is 11.1 Å². The Morgan fingerprint density at radius 2 is 1.71 bits per heavy atom. The van der Waals surface area contributed by atoms with Crippen LogP contribution in [0.25, 0.3) is 22.2 Å². The van der Waals surface area contributed by atoms with Crippen LogP contribution in [-0.2, 0) is 16.1 Å². The molecule has 0 saturated carbocycles. The van der Waals surface area contributed by atoms with Gasteiger partial charge in [-0.05, 0) is 74.2 Å². The van der Waals surface area contributed by atoms with Crippen LogP contribution < -0.4 is 9.31 Å². The van der Waals surface area contributed by atoms with Gasteiger partial charge in [-0.3, -0.25) is 23.6 Å². The number of carboxylic acid groups (broad SMARTS) is 1. The van der Waals surface area contributed by atoms with Crippen molar-refractivity contribution in [3.63, 3.8) is 0 Å². The van der Waals surface area contributed by atoms with Gasteiger partial charge in [-0.1, -0.05) is 18.2 Å². The van der Waals surface area contributed by atoms with E-state index < -0.39 is 35.0 Å². The molecule has 2 aromatic heterocycles. The van der Waals surface area contributed by atoms with E-state index in [0.29, 0.717) is 21.4 Å². The molecule has 51 heavy (non-hydrogen) atoms. The number of hydrogen-bond donors (Lipinski definition) is 2. The molecule has 2 aromatic carbocycles. The minimum absolute atomic E-state index is 0.0979. The number of H-pyrrole nitrogens is 1. The molecule has 3 saturated heterocycles. The van der Waals surface area contributed by atoms with E-state index in [1.165, 1.54) is 29.4 Å². The van der Waals surface area contributed by atoms with Crippen molar-refractivity contribution in [2.45, 2.75) is 25.4 Å². The number of rotatable bonds is 11. The number of pyridine rings is 1. The minimum atomic E-state index is -2.93. The van der Waals surface area contributed by atoms with E-state index in [1.54, 1.807) is 6.20 Å². The number of piperazine rings is 1. The molecule has 0 amide bonds. The highest BCUT2D eigenvalue weighted by atomic mass is 32.2. The highest BCUT2D eigenvalue weighted by molar-refractivity contribution is 7.80. The summed E-state index contributed by atoms with van der Waals surface area (Å²) in [4.78, 5) is 39.1. The molecular weight excluding hydrogens is 681 g/mol. The number of carbonyl (C=O) groups excluding carboxylic acids is 1. The molecule has 15 heteroatoms. The number of halogens is 2. The SMILES string of the molecule is O=C(O)CN1CCC(CN2CCN(c3ccc(-c4cnc5[nH]cc(C(=O)c6cccc(N(N7CC[C@@H](F)C7)S(=O)[O-])c6F)c5c4)cc3)CC2)CC1. The van der Waals surface area contributed by atoms with Crippen LogP contribution in [0.2, 0.25) is 0 Å². The molecule has 0 bridgehead atoms. The summed E-state index contributed by atoms with van der Waals surface area (Å²) >= 11 is -2.93. The third-order valence-corrected chi connectivity index (χ3v) is 10.9. The van der Waals surface area contributed by atoms with Crippen LogP contribution in [0.1, 0.15) is 35.2 Å². The molecule has 2 atom stereocenters. The summed E-state index contributed by atoms with van der Waals surface area (Å²) in [6.07, 6.45) is 4.14. The molecule has 0 aliphatic carbocycles. The van der Waals surface area contributed by atoms with Gasteiger partial charge in [-0.15, -0.1) is 0 Å². The van der Waals surface area contributed by atoms with E-state index in [9.17, 15) is 22.7 Å². The van der Waals surface area contributed by atoms with Crippen LogP contribution >= 0.6 is 0 Å². The summed E-state index contributed by atoms with van der Waals surface area (Å²) in [5, 5.41) is 10.8. The standard InChI is InChI=1S/C36H41F2N7O5S/c37-27-10-13-44(22-27)45(51(49)50)32-3-1-2-29(34(32)38)35(48)31-20-40-36-30(31)18-26(19-39-36)25-4-6-28(7-5-25)43-16-14-42(15-17-43)21-24-8-11-41(12-9-24)23-33(46)47/h1-7,18-20,24,27H,8-17,21-23H2,(H,39,40)(H,46,47)(H,49,50)/p-1/t27-/m1/s1. The summed E-state index contributed by atoms with van der Waals surface area (Å²) in [6.45, 7) is 6.51. The van der Waals surface area contributed by atoms with Gasteiger partial charge in [0.2, 0.25) is 0 Å². The Hall–Kier alpha value is -4.28. The van der Waals surface area contributed by atoms with Crippen molar-refractivity contribution in [2.24, 2.45) is 5.92 Å². The number of aromatic nitrogens is 2. The number of fused-ring (bicyclic) bond motifs is 1. The second-order valence-corrected chi connectivity index (χ2v) is 14.3. The number of alkyl halides is 1. The number of carbonyl (C=O) groups is 2. The maximum atomic E-state index is 15.9. The number of piperidine rings is 1. The van der Waals surface area contributed by atoms with Crippen molar-refractivity contribution in [1.82, 2.24) is 24.8 Å². The van der Waals surface area contributed by atoms with Gasteiger partial charge in [0.05, 0.1) is 29.9 Å². The van der Waals surface area contributed by atoms with Crippen LogP contribution in [0.4, 0.5) is 20.2 Å². The molecule has 0 spiro atoms. The van der Waals surface area contributed by atoms with E-state index in [-0.39, 0.29) is 42.9 Å². The average Bonchev–Trinajstić information content (AvgIpc) is 3.75. The Bertz CT molecular complexity index is 1910. The first-order valence-electron chi connectivity index (χ1n) is 17.2. The Balaban J connectivity index is 1.01. The highest BCUT2D eigenvalue weighted by Crippen LogP contribution is 2.32. The average molecular weight is 721 g/mol. The topological polar surface area (TPSA) is 139 Å². The quantitative estimate of drug-likeness (QED) is 0.172. The van der Waals surface area contributed by atoms with Crippen LogP contribution in [0, 0.1) is 11.7 Å². The highest BCUT2D eigenvalue weighted by Gasteiger charge is 2.31. The van der Waals surface area contributed by atoms with Crippen LogP contribution in [0.3, 0.4) is 0 Å². The fourth-order valence-corrected chi connectivity index (χ4v) is 8.10. The summed E-state index contributed by atoms with van der Waals surface area (Å²) < 4.78 is 54.7. The first-order chi connectivity index (χ1) is 24.6. The third-order valence-electron chi connectivity index (χ3n) is 10.2. The lowest BCUT2D eigenvalue weighted by Crippen LogP contribution is -2.49. The van der Waals surface area contributed by atoms with Crippen molar-refractivity contribution in [1.29, 1.82) is 0 Å². The Morgan fingerprint density at radius 1 is 0.961 bits per heavy atom. The number of hydrogen-bond acceptors (Lipinski definition) is 9. The number of hydrazine groups is 1. The predicted octanol–water partition coefficient (Wildman–Crippen LogP) is 4.08. The van der Waals surface area contributed by atoms with Gasteiger partial charge in [0.1, 0.15) is 17.5 Å². The Labute approximate surface area is 297 Å². The zero-order chi connectivity index (χ0) is 35.6. The number of likely N-dealkylation sites (tertiary alicyclic amines) is 1. The van der Waals surface area contributed by atoms with Gasteiger partial charge in [-0.25, -0.2) is 23.2 Å². The van der Waals surface area contributed by atoms with Gasteiger partial charge >= 0.3 is 5.97 Å². The molecular formula is C36H40F2N7O5S-. The zero-order valence-corrected chi connectivity index (χ0v) is 28.9. The molecule has 12 nitrogen and oxygen atoms in total. The second kappa shape index (κ2) is 15.1. The first-order valence-corrected chi connectivity index (χ1v) is 18.3. The van der Waals surface area contributed by atoms with Gasteiger partial charge in [0.15, 0.2) is 11.6 Å². The minimum Gasteiger partial charge on any atom is -0.754 e. The molecule has 270 valence electrons. The Morgan fingerprint density at radius 3 is 2.37 bits per heavy atom. The zero-order valence-electron chi connectivity index (χ0n) is 28.0. The van der Waals surface area contributed by atoms with Crippen molar-refractivity contribution in [2.75, 3.05) is 74.8 Å². The smallest absolute Gasteiger partial charge is 0.317 e. The number of benzene rings is 2. The molecule has 1 unspecified atom stereocenters. The van der Waals surface area contributed by atoms with Crippen LogP contribution in [0.15, 0.2) is 60.9 Å². The first kappa shape index (κ1) is 35.1. The van der Waals surface area contributed by atoms with E-state index in [0.717, 1.165) is 75.5 Å². The number of carboxylic acids is 1. The number of ketones is 1. The van der Waals surface area contributed by atoms with Gasteiger partial charge in [0.25, 0.3) is 0 Å². The Kier molecular flexibility index (Phi) is 10.4. The number of nitrogens with zero attached hydrogens (tertiary/aromatic N) is 6. The van der Waals surface area contributed by atoms with E-state index in [1.807, 2.05) is 23.1 Å². The molecule has 3 fully saturated rings. The number of nitrogens with one attached hydrogen (secondary N) is 1. The predicted molar refractivity (Wildman–Crippen MR) is 189 cm³/mol.